The highest BCUT2D eigenvalue weighted by Gasteiger charge is 2.20. The van der Waals surface area contributed by atoms with E-state index in [4.69, 9.17) is 20.8 Å². The van der Waals surface area contributed by atoms with Crippen LogP contribution in [0.1, 0.15) is 23.1 Å². The third-order valence-corrected chi connectivity index (χ3v) is 3.23. The minimum atomic E-state index is -0.442. The topological polar surface area (TPSA) is 34.4 Å². The predicted molar refractivity (Wildman–Crippen MR) is 71.7 cm³/mol. The molecule has 5 heteroatoms. The van der Waals surface area contributed by atoms with Gasteiger partial charge in [0.05, 0.1) is 11.1 Å². The molecule has 1 aromatic carbocycles. The Balaban J connectivity index is 2.35. The Labute approximate surface area is 116 Å². The second kappa shape index (κ2) is 6.19. The van der Waals surface area contributed by atoms with Crippen LogP contribution >= 0.6 is 11.6 Å². The number of methoxy groups -OCH3 is 1. The molecule has 0 radical (unpaired) electrons. The second-order valence-electron chi connectivity index (χ2n) is 4.10. The lowest BCUT2D eigenvalue weighted by Gasteiger charge is -2.16. The highest BCUT2D eigenvalue weighted by molar-refractivity contribution is 6.31. The molecule has 19 heavy (non-hydrogen) atoms. The number of benzene rings is 1. The van der Waals surface area contributed by atoms with Crippen molar-refractivity contribution < 1.29 is 13.5 Å². The van der Waals surface area contributed by atoms with E-state index in [1.165, 1.54) is 6.07 Å². The van der Waals surface area contributed by atoms with Crippen molar-refractivity contribution in [2.45, 2.75) is 12.6 Å². The Morgan fingerprint density at radius 1 is 1.37 bits per heavy atom. The molecule has 0 saturated carbocycles. The van der Waals surface area contributed by atoms with Gasteiger partial charge in [0.25, 0.3) is 0 Å². The Hall–Kier alpha value is -1.36. The monoisotopic (exact) mass is 283 g/mol. The summed E-state index contributed by atoms with van der Waals surface area (Å²) in [4.78, 5) is 0. The van der Waals surface area contributed by atoms with E-state index in [1.54, 1.807) is 26.3 Å². The average molecular weight is 284 g/mol. The summed E-state index contributed by atoms with van der Waals surface area (Å²) < 4.78 is 24.2. The van der Waals surface area contributed by atoms with Crippen LogP contribution in [0.15, 0.2) is 34.7 Å². The van der Waals surface area contributed by atoms with E-state index in [1.807, 2.05) is 12.1 Å². The number of ether oxygens (including phenoxy) is 1. The van der Waals surface area contributed by atoms with E-state index in [-0.39, 0.29) is 11.1 Å². The lowest BCUT2D eigenvalue weighted by molar-refractivity contribution is 0.162. The van der Waals surface area contributed by atoms with E-state index < -0.39 is 5.82 Å². The fourth-order valence-corrected chi connectivity index (χ4v) is 2.20. The average Bonchev–Trinajstić information content (AvgIpc) is 2.84. The second-order valence-corrected chi connectivity index (χ2v) is 4.48. The molecular weight excluding hydrogens is 269 g/mol. The smallest absolute Gasteiger partial charge is 0.142 e. The molecule has 2 rings (SSSR count). The van der Waals surface area contributed by atoms with Crippen molar-refractivity contribution in [2.75, 3.05) is 14.2 Å². The summed E-state index contributed by atoms with van der Waals surface area (Å²) in [6, 6.07) is 8.09. The lowest BCUT2D eigenvalue weighted by atomic mass is 10.0. The van der Waals surface area contributed by atoms with Crippen molar-refractivity contribution in [3.05, 3.63) is 58.3 Å². The summed E-state index contributed by atoms with van der Waals surface area (Å²) in [5, 5.41) is 3.18. The zero-order valence-electron chi connectivity index (χ0n) is 10.7. The molecule has 2 aromatic rings. The fourth-order valence-electron chi connectivity index (χ4n) is 1.96. The zero-order valence-corrected chi connectivity index (χ0v) is 11.5. The molecule has 1 atom stereocenters. The molecule has 1 N–H and O–H groups in total. The molecule has 3 nitrogen and oxygen atoms in total. The van der Waals surface area contributed by atoms with Crippen LogP contribution in [-0.4, -0.2) is 14.2 Å². The van der Waals surface area contributed by atoms with Crippen molar-refractivity contribution in [3.63, 3.8) is 0 Å². The maximum absolute atomic E-state index is 13.5. The molecule has 0 fully saturated rings. The lowest BCUT2D eigenvalue weighted by Crippen LogP contribution is -2.17. The largest absolute Gasteiger partial charge is 0.462 e. The SMILES string of the molecule is CNC(c1ccc(COC)o1)c1cccc(F)c1Cl. The first-order valence-electron chi connectivity index (χ1n) is 5.86. The Bertz CT molecular complexity index is 556. The van der Waals surface area contributed by atoms with Crippen LogP contribution in [0, 0.1) is 5.82 Å². The van der Waals surface area contributed by atoms with Gasteiger partial charge in [-0.3, -0.25) is 0 Å². The van der Waals surface area contributed by atoms with Crippen molar-refractivity contribution in [2.24, 2.45) is 0 Å². The van der Waals surface area contributed by atoms with Crippen LogP contribution in [0.3, 0.4) is 0 Å². The highest BCUT2D eigenvalue weighted by atomic mass is 35.5. The summed E-state index contributed by atoms with van der Waals surface area (Å²) in [6.45, 7) is 0.396. The van der Waals surface area contributed by atoms with Gasteiger partial charge in [-0.05, 0) is 30.8 Å². The third-order valence-electron chi connectivity index (χ3n) is 2.83. The van der Waals surface area contributed by atoms with E-state index in [2.05, 4.69) is 5.32 Å². The first-order chi connectivity index (χ1) is 9.17. The number of hydrogen-bond donors (Lipinski definition) is 1. The van der Waals surface area contributed by atoms with Gasteiger partial charge in [-0.25, -0.2) is 4.39 Å². The van der Waals surface area contributed by atoms with E-state index in [0.29, 0.717) is 23.7 Å². The van der Waals surface area contributed by atoms with Crippen molar-refractivity contribution in [3.8, 4) is 0 Å². The van der Waals surface area contributed by atoms with Gasteiger partial charge in [-0.1, -0.05) is 23.7 Å². The van der Waals surface area contributed by atoms with Crippen LogP contribution in [0.5, 0.6) is 0 Å². The fraction of sp³-hybridized carbons (Fsp3) is 0.286. The Morgan fingerprint density at radius 3 is 2.84 bits per heavy atom. The summed E-state index contributed by atoms with van der Waals surface area (Å²) in [7, 11) is 3.37. The maximum atomic E-state index is 13.5. The quantitative estimate of drug-likeness (QED) is 0.911. The minimum absolute atomic E-state index is 0.103. The molecule has 1 heterocycles. The Kier molecular flexibility index (Phi) is 4.58. The van der Waals surface area contributed by atoms with Crippen molar-refractivity contribution in [1.82, 2.24) is 5.32 Å². The normalized spacial score (nSPS) is 12.6. The number of rotatable bonds is 5. The van der Waals surface area contributed by atoms with Crippen LogP contribution in [-0.2, 0) is 11.3 Å². The number of nitrogens with one attached hydrogen (secondary N) is 1. The van der Waals surface area contributed by atoms with Gasteiger partial charge in [-0.2, -0.15) is 0 Å². The molecule has 0 aliphatic carbocycles. The predicted octanol–water partition coefficient (Wildman–Crippen LogP) is 3.53. The highest BCUT2D eigenvalue weighted by Crippen LogP contribution is 2.30. The first kappa shape index (κ1) is 14.1. The van der Waals surface area contributed by atoms with E-state index >= 15 is 0 Å². The van der Waals surface area contributed by atoms with Crippen molar-refractivity contribution in [1.29, 1.82) is 0 Å². The first-order valence-corrected chi connectivity index (χ1v) is 6.24. The van der Waals surface area contributed by atoms with E-state index in [9.17, 15) is 4.39 Å². The van der Waals surface area contributed by atoms with Gasteiger partial charge in [0.1, 0.15) is 23.9 Å². The molecule has 1 aromatic heterocycles. The molecule has 0 saturated heterocycles. The van der Waals surface area contributed by atoms with E-state index in [0.717, 1.165) is 0 Å². The van der Waals surface area contributed by atoms with Crippen LogP contribution < -0.4 is 5.32 Å². The van der Waals surface area contributed by atoms with Crippen molar-refractivity contribution >= 4 is 11.6 Å². The third kappa shape index (κ3) is 2.97. The summed E-state index contributed by atoms with van der Waals surface area (Å²) >= 11 is 6.00. The molecule has 0 aliphatic heterocycles. The number of furan rings is 1. The zero-order chi connectivity index (χ0) is 13.8. The summed E-state index contributed by atoms with van der Waals surface area (Å²) in [6.07, 6.45) is 0. The number of hydrogen-bond acceptors (Lipinski definition) is 3. The van der Waals surface area contributed by atoms with Gasteiger partial charge < -0.3 is 14.5 Å². The van der Waals surface area contributed by atoms with Crippen LogP contribution in [0.25, 0.3) is 0 Å². The van der Waals surface area contributed by atoms with Gasteiger partial charge in [0.2, 0.25) is 0 Å². The summed E-state index contributed by atoms with van der Waals surface area (Å²) in [5.41, 5.74) is 0.641. The van der Waals surface area contributed by atoms with Gasteiger partial charge >= 0.3 is 0 Å². The van der Waals surface area contributed by atoms with Crippen LogP contribution in [0.2, 0.25) is 5.02 Å². The number of halogens is 2. The molecule has 0 aliphatic rings. The Morgan fingerprint density at radius 2 is 2.16 bits per heavy atom. The minimum Gasteiger partial charge on any atom is -0.462 e. The van der Waals surface area contributed by atoms with Gasteiger partial charge in [0.15, 0.2) is 0 Å². The van der Waals surface area contributed by atoms with Crippen LogP contribution in [0.4, 0.5) is 4.39 Å². The molecule has 0 spiro atoms. The molecule has 0 amide bonds. The standard InChI is InChI=1S/C14H15ClFNO2/c1-17-14(10-4-3-5-11(16)13(10)15)12-7-6-9(19-12)8-18-2/h3-7,14,17H,8H2,1-2H3. The van der Waals surface area contributed by atoms with Gasteiger partial charge in [-0.15, -0.1) is 0 Å². The van der Waals surface area contributed by atoms with Gasteiger partial charge in [0, 0.05) is 7.11 Å². The molecule has 0 bridgehead atoms. The summed E-state index contributed by atoms with van der Waals surface area (Å²) in [5.74, 6) is 0.940. The maximum Gasteiger partial charge on any atom is 0.142 e. The molecule has 102 valence electrons. The molecular formula is C14H15ClFNO2. The molecule has 1 unspecified atom stereocenters.